The zero-order chi connectivity index (χ0) is 22.8. The SMILES string of the molecule is COc1ccccc1Cn1ccc2nc3ccn(CCc4ccccc4)c(=O)c3cc2c1=O. The van der Waals surface area contributed by atoms with Crippen molar-refractivity contribution in [2.75, 3.05) is 7.11 Å². The smallest absolute Gasteiger partial charge is 0.260 e. The van der Waals surface area contributed by atoms with Crippen molar-refractivity contribution in [3.05, 3.63) is 117 Å². The van der Waals surface area contributed by atoms with Crippen molar-refractivity contribution in [1.29, 1.82) is 0 Å². The summed E-state index contributed by atoms with van der Waals surface area (Å²) in [5.74, 6) is 0.724. The Balaban J connectivity index is 1.54. The Morgan fingerprint density at radius 1 is 0.788 bits per heavy atom. The van der Waals surface area contributed by atoms with Gasteiger partial charge in [-0.2, -0.15) is 0 Å². The molecule has 0 spiro atoms. The quantitative estimate of drug-likeness (QED) is 0.377. The van der Waals surface area contributed by atoms with Crippen LogP contribution in [0, 0.1) is 0 Å². The summed E-state index contributed by atoms with van der Waals surface area (Å²) < 4.78 is 8.71. The Bertz CT molecular complexity index is 1570. The summed E-state index contributed by atoms with van der Waals surface area (Å²) in [4.78, 5) is 31.0. The molecule has 0 radical (unpaired) electrons. The van der Waals surface area contributed by atoms with E-state index in [-0.39, 0.29) is 11.1 Å². The lowest BCUT2D eigenvalue weighted by molar-refractivity contribution is 0.408. The van der Waals surface area contributed by atoms with Gasteiger partial charge in [-0.3, -0.25) is 9.59 Å². The molecule has 3 aromatic heterocycles. The second-order valence-corrected chi connectivity index (χ2v) is 7.96. The Hall–Kier alpha value is -4.19. The van der Waals surface area contributed by atoms with E-state index in [4.69, 9.17) is 4.74 Å². The highest BCUT2D eigenvalue weighted by Crippen LogP contribution is 2.19. The number of aryl methyl sites for hydroxylation is 2. The Labute approximate surface area is 190 Å². The molecule has 0 atom stereocenters. The number of nitrogens with zero attached hydrogens (tertiary/aromatic N) is 3. The van der Waals surface area contributed by atoms with Gasteiger partial charge in [-0.25, -0.2) is 4.98 Å². The Morgan fingerprint density at radius 3 is 2.15 bits per heavy atom. The fourth-order valence-electron chi connectivity index (χ4n) is 4.12. The van der Waals surface area contributed by atoms with Crippen LogP contribution in [0.2, 0.25) is 0 Å². The second kappa shape index (κ2) is 8.74. The molecule has 33 heavy (non-hydrogen) atoms. The van der Waals surface area contributed by atoms with Crippen molar-refractivity contribution in [2.24, 2.45) is 0 Å². The minimum Gasteiger partial charge on any atom is -0.496 e. The van der Waals surface area contributed by atoms with Gasteiger partial charge in [0.1, 0.15) is 5.75 Å². The number of para-hydroxylation sites is 1. The molecule has 0 amide bonds. The number of hydrogen-bond acceptors (Lipinski definition) is 4. The average molecular weight is 437 g/mol. The largest absolute Gasteiger partial charge is 0.496 e. The molecule has 0 aliphatic heterocycles. The summed E-state index contributed by atoms with van der Waals surface area (Å²) in [5, 5.41) is 0.878. The molecule has 0 fully saturated rings. The van der Waals surface area contributed by atoms with Crippen molar-refractivity contribution in [3.8, 4) is 5.75 Å². The van der Waals surface area contributed by atoms with E-state index in [0.717, 1.165) is 17.7 Å². The number of aromatic nitrogens is 3. The van der Waals surface area contributed by atoms with Crippen molar-refractivity contribution >= 4 is 21.8 Å². The summed E-state index contributed by atoms with van der Waals surface area (Å²) in [6, 6.07) is 23.0. The molecule has 0 saturated carbocycles. The molecule has 6 heteroatoms. The van der Waals surface area contributed by atoms with Crippen LogP contribution in [0.1, 0.15) is 11.1 Å². The number of rotatable bonds is 6. The van der Waals surface area contributed by atoms with E-state index >= 15 is 0 Å². The topological polar surface area (TPSA) is 66.1 Å². The van der Waals surface area contributed by atoms with Gasteiger partial charge in [0.15, 0.2) is 0 Å². The molecule has 6 nitrogen and oxygen atoms in total. The first-order valence-corrected chi connectivity index (χ1v) is 10.8. The summed E-state index contributed by atoms with van der Waals surface area (Å²) in [6.45, 7) is 0.927. The first kappa shape index (κ1) is 20.7. The lowest BCUT2D eigenvalue weighted by atomic mass is 10.1. The average Bonchev–Trinajstić information content (AvgIpc) is 2.86. The highest BCUT2D eigenvalue weighted by Gasteiger charge is 2.11. The number of pyridine rings is 3. The molecule has 0 aliphatic rings. The minimum absolute atomic E-state index is 0.141. The van der Waals surface area contributed by atoms with Gasteiger partial charge in [-0.1, -0.05) is 48.5 Å². The summed E-state index contributed by atoms with van der Waals surface area (Å²) in [5.41, 5.74) is 2.90. The first-order chi connectivity index (χ1) is 16.1. The highest BCUT2D eigenvalue weighted by molar-refractivity contribution is 5.91. The van der Waals surface area contributed by atoms with Crippen molar-refractivity contribution in [3.63, 3.8) is 0 Å². The van der Waals surface area contributed by atoms with Crippen LogP contribution in [0.4, 0.5) is 0 Å². The maximum Gasteiger partial charge on any atom is 0.260 e. The van der Waals surface area contributed by atoms with E-state index in [2.05, 4.69) is 4.98 Å². The zero-order valence-corrected chi connectivity index (χ0v) is 18.3. The van der Waals surface area contributed by atoms with Crippen LogP contribution in [-0.2, 0) is 19.5 Å². The van der Waals surface area contributed by atoms with E-state index in [0.29, 0.717) is 34.9 Å². The van der Waals surface area contributed by atoms with Crippen LogP contribution in [0.25, 0.3) is 21.8 Å². The number of benzene rings is 2. The van der Waals surface area contributed by atoms with Crippen LogP contribution >= 0.6 is 0 Å². The van der Waals surface area contributed by atoms with Crippen molar-refractivity contribution in [1.82, 2.24) is 14.1 Å². The lowest BCUT2D eigenvalue weighted by Gasteiger charge is -2.11. The fraction of sp³-hybridized carbons (Fsp3) is 0.148. The normalized spacial score (nSPS) is 11.2. The van der Waals surface area contributed by atoms with Gasteiger partial charge in [0.05, 0.1) is 35.5 Å². The number of methoxy groups -OCH3 is 1. The zero-order valence-electron chi connectivity index (χ0n) is 18.3. The molecule has 164 valence electrons. The van der Waals surface area contributed by atoms with Gasteiger partial charge in [0, 0.05) is 24.5 Å². The lowest BCUT2D eigenvalue weighted by Crippen LogP contribution is -2.23. The van der Waals surface area contributed by atoms with Crippen LogP contribution in [-0.4, -0.2) is 21.2 Å². The fourth-order valence-corrected chi connectivity index (χ4v) is 4.12. The predicted molar refractivity (Wildman–Crippen MR) is 130 cm³/mol. The molecule has 0 unspecified atom stereocenters. The maximum atomic E-state index is 13.3. The maximum absolute atomic E-state index is 13.3. The van der Waals surface area contributed by atoms with E-state index in [1.807, 2.05) is 66.7 Å². The molecule has 5 aromatic rings. The van der Waals surface area contributed by atoms with E-state index in [1.165, 1.54) is 5.56 Å². The summed E-state index contributed by atoms with van der Waals surface area (Å²) in [7, 11) is 1.61. The van der Waals surface area contributed by atoms with Crippen LogP contribution in [0.3, 0.4) is 0 Å². The summed E-state index contributed by atoms with van der Waals surface area (Å²) >= 11 is 0. The predicted octanol–water partition coefficient (Wildman–Crippen LogP) is 4.01. The molecule has 0 saturated heterocycles. The van der Waals surface area contributed by atoms with Crippen LogP contribution < -0.4 is 15.9 Å². The third-order valence-corrected chi connectivity index (χ3v) is 5.91. The van der Waals surface area contributed by atoms with Crippen LogP contribution in [0.5, 0.6) is 5.75 Å². The third-order valence-electron chi connectivity index (χ3n) is 5.91. The molecular formula is C27H23N3O3. The van der Waals surface area contributed by atoms with Gasteiger partial charge in [0.2, 0.25) is 0 Å². The molecule has 0 aliphatic carbocycles. The molecule has 0 N–H and O–H groups in total. The van der Waals surface area contributed by atoms with Gasteiger partial charge in [-0.15, -0.1) is 0 Å². The highest BCUT2D eigenvalue weighted by atomic mass is 16.5. The number of hydrogen-bond donors (Lipinski definition) is 0. The van der Waals surface area contributed by atoms with Gasteiger partial charge in [-0.05, 0) is 36.2 Å². The third kappa shape index (κ3) is 4.03. The molecule has 0 bridgehead atoms. The molecular weight excluding hydrogens is 414 g/mol. The number of ether oxygens (including phenoxy) is 1. The number of fused-ring (bicyclic) bond motifs is 2. The molecule has 5 rings (SSSR count). The van der Waals surface area contributed by atoms with Gasteiger partial charge >= 0.3 is 0 Å². The van der Waals surface area contributed by atoms with Crippen molar-refractivity contribution < 1.29 is 4.74 Å². The van der Waals surface area contributed by atoms with Crippen LogP contribution in [0.15, 0.2) is 94.8 Å². The van der Waals surface area contributed by atoms with Gasteiger partial charge in [0.25, 0.3) is 11.1 Å². The van der Waals surface area contributed by atoms with Crippen molar-refractivity contribution in [2.45, 2.75) is 19.5 Å². The minimum atomic E-state index is -0.188. The standard InChI is InChI=1S/C27H23N3O3/c1-33-25-10-6-5-9-20(25)18-30-16-13-24-22(27(30)32)17-21-23(28-24)12-15-29(26(21)31)14-11-19-7-3-2-4-8-19/h2-10,12-13,15-17H,11,14,18H2,1H3. The van der Waals surface area contributed by atoms with E-state index in [9.17, 15) is 9.59 Å². The summed E-state index contributed by atoms with van der Waals surface area (Å²) in [6.07, 6.45) is 4.26. The Morgan fingerprint density at radius 2 is 1.42 bits per heavy atom. The van der Waals surface area contributed by atoms with Gasteiger partial charge < -0.3 is 13.9 Å². The van der Waals surface area contributed by atoms with E-state index in [1.54, 1.807) is 34.7 Å². The molecule has 2 aromatic carbocycles. The molecule has 3 heterocycles. The first-order valence-electron chi connectivity index (χ1n) is 10.8. The monoisotopic (exact) mass is 437 g/mol. The van der Waals surface area contributed by atoms with E-state index < -0.39 is 0 Å². The second-order valence-electron chi connectivity index (χ2n) is 7.96. The Kier molecular flexibility index (Phi) is 5.48.